The van der Waals surface area contributed by atoms with Gasteiger partial charge in [0.15, 0.2) is 0 Å². The van der Waals surface area contributed by atoms with E-state index in [9.17, 15) is 5.11 Å². The van der Waals surface area contributed by atoms with E-state index in [-0.39, 0.29) is 6.04 Å². The summed E-state index contributed by atoms with van der Waals surface area (Å²) in [6, 6.07) is 5.23. The van der Waals surface area contributed by atoms with Gasteiger partial charge < -0.3 is 25.1 Å². The molecule has 0 heterocycles. The van der Waals surface area contributed by atoms with Crippen LogP contribution in [0.3, 0.4) is 0 Å². The third-order valence-electron chi connectivity index (χ3n) is 3.02. The predicted molar refractivity (Wildman–Crippen MR) is 73.6 cm³/mol. The second kappa shape index (κ2) is 7.99. The molecule has 0 fully saturated rings. The van der Waals surface area contributed by atoms with Gasteiger partial charge >= 0.3 is 0 Å². The Morgan fingerprint density at radius 2 is 1.95 bits per heavy atom. The highest BCUT2D eigenvalue weighted by Gasteiger charge is 2.17. The van der Waals surface area contributed by atoms with Crippen LogP contribution >= 0.6 is 0 Å². The molecule has 1 aromatic rings. The van der Waals surface area contributed by atoms with Crippen molar-refractivity contribution in [2.24, 2.45) is 5.73 Å². The molecule has 19 heavy (non-hydrogen) atoms. The lowest BCUT2D eigenvalue weighted by Crippen LogP contribution is -2.24. The average molecular weight is 269 g/mol. The highest BCUT2D eigenvalue weighted by molar-refractivity contribution is 5.42. The summed E-state index contributed by atoms with van der Waals surface area (Å²) in [5.74, 6) is 1.29. The van der Waals surface area contributed by atoms with E-state index < -0.39 is 6.10 Å². The first-order valence-corrected chi connectivity index (χ1v) is 6.26. The lowest BCUT2D eigenvalue weighted by molar-refractivity contribution is 0.138. The van der Waals surface area contributed by atoms with E-state index in [0.29, 0.717) is 30.9 Å². The Bertz CT molecular complexity index is 384. The van der Waals surface area contributed by atoms with E-state index in [1.807, 2.05) is 0 Å². The second-order valence-corrected chi connectivity index (χ2v) is 4.40. The Labute approximate surface area is 114 Å². The smallest absolute Gasteiger partial charge is 0.128 e. The van der Waals surface area contributed by atoms with E-state index >= 15 is 0 Å². The van der Waals surface area contributed by atoms with Crippen LogP contribution in [0.2, 0.25) is 0 Å². The number of benzene rings is 1. The summed E-state index contributed by atoms with van der Waals surface area (Å²) in [4.78, 5) is 0. The lowest BCUT2D eigenvalue weighted by Gasteiger charge is -2.19. The maximum atomic E-state index is 10.2. The Hall–Kier alpha value is -1.30. The van der Waals surface area contributed by atoms with Gasteiger partial charge in [-0.2, -0.15) is 0 Å². The monoisotopic (exact) mass is 269 g/mol. The number of hydrogen-bond donors (Lipinski definition) is 2. The van der Waals surface area contributed by atoms with Crippen molar-refractivity contribution in [2.75, 3.05) is 27.9 Å². The van der Waals surface area contributed by atoms with Crippen LogP contribution in [0.15, 0.2) is 18.2 Å². The first kappa shape index (κ1) is 15.8. The zero-order valence-corrected chi connectivity index (χ0v) is 11.8. The van der Waals surface area contributed by atoms with Gasteiger partial charge in [-0.1, -0.05) is 0 Å². The number of ether oxygens (including phenoxy) is 3. The molecule has 0 saturated heterocycles. The number of aliphatic hydroxyl groups excluding tert-OH is 1. The zero-order valence-electron chi connectivity index (χ0n) is 11.8. The number of nitrogens with two attached hydrogens (primary N) is 1. The molecule has 0 amide bonds. The van der Waals surface area contributed by atoms with E-state index in [2.05, 4.69) is 0 Å². The van der Waals surface area contributed by atoms with E-state index in [0.717, 1.165) is 5.56 Å². The van der Waals surface area contributed by atoms with Crippen LogP contribution in [0.5, 0.6) is 11.5 Å². The molecule has 0 radical (unpaired) electrons. The summed E-state index contributed by atoms with van der Waals surface area (Å²) in [7, 11) is 4.79. The van der Waals surface area contributed by atoms with Gasteiger partial charge in [-0.05, 0) is 25.0 Å². The average Bonchev–Trinajstić information content (AvgIpc) is 2.44. The molecular weight excluding hydrogens is 246 g/mol. The Balaban J connectivity index is 2.72. The molecule has 0 aromatic heterocycles. The van der Waals surface area contributed by atoms with Gasteiger partial charge in [0, 0.05) is 31.4 Å². The van der Waals surface area contributed by atoms with Gasteiger partial charge in [0.05, 0.1) is 20.3 Å². The van der Waals surface area contributed by atoms with Crippen molar-refractivity contribution < 1.29 is 19.3 Å². The fourth-order valence-electron chi connectivity index (χ4n) is 1.89. The molecule has 0 aliphatic heterocycles. The molecule has 2 atom stereocenters. The lowest BCUT2D eigenvalue weighted by atomic mass is 10.00. The normalized spacial score (nSPS) is 13.9. The molecule has 0 bridgehead atoms. The van der Waals surface area contributed by atoms with Crippen LogP contribution in [-0.4, -0.2) is 39.1 Å². The highest BCUT2D eigenvalue weighted by atomic mass is 16.5. The molecule has 108 valence electrons. The summed E-state index contributed by atoms with van der Waals surface area (Å²) < 4.78 is 15.4. The van der Waals surface area contributed by atoms with Crippen molar-refractivity contribution in [3.63, 3.8) is 0 Å². The maximum absolute atomic E-state index is 10.2. The minimum atomic E-state index is -0.660. The first-order valence-electron chi connectivity index (χ1n) is 6.26. The van der Waals surface area contributed by atoms with Crippen molar-refractivity contribution >= 4 is 0 Å². The minimum absolute atomic E-state index is 0.109. The van der Waals surface area contributed by atoms with Gasteiger partial charge in [-0.15, -0.1) is 0 Å². The molecule has 1 aromatic carbocycles. The van der Waals surface area contributed by atoms with Crippen molar-refractivity contribution in [3.8, 4) is 11.5 Å². The fourth-order valence-corrected chi connectivity index (χ4v) is 1.89. The summed E-state index contributed by atoms with van der Waals surface area (Å²) in [6.45, 7) is 0.591. The number of hydrogen-bond acceptors (Lipinski definition) is 5. The Morgan fingerprint density at radius 1 is 1.21 bits per heavy atom. The van der Waals surface area contributed by atoms with Crippen LogP contribution in [0, 0.1) is 0 Å². The molecule has 3 N–H and O–H groups in total. The first-order chi connectivity index (χ1) is 9.12. The number of rotatable bonds is 8. The Kier molecular flexibility index (Phi) is 6.62. The number of methoxy groups -OCH3 is 3. The quantitative estimate of drug-likeness (QED) is 0.748. The zero-order chi connectivity index (χ0) is 14.3. The van der Waals surface area contributed by atoms with E-state index in [4.69, 9.17) is 19.9 Å². The van der Waals surface area contributed by atoms with Crippen LogP contribution in [0.4, 0.5) is 0 Å². The molecule has 5 nitrogen and oxygen atoms in total. The van der Waals surface area contributed by atoms with Crippen LogP contribution < -0.4 is 15.2 Å². The number of aliphatic hydroxyl groups is 1. The Morgan fingerprint density at radius 3 is 2.53 bits per heavy atom. The van der Waals surface area contributed by atoms with Gasteiger partial charge in [-0.25, -0.2) is 0 Å². The molecule has 2 unspecified atom stereocenters. The van der Waals surface area contributed by atoms with E-state index in [1.165, 1.54) is 0 Å². The standard InChI is InChI=1S/C14H23NO4/c1-17-7-6-10(15)8-13(16)12-5-4-11(18-2)9-14(12)19-3/h4-5,9-10,13,16H,6-8,15H2,1-3H3. The third-order valence-corrected chi connectivity index (χ3v) is 3.02. The fraction of sp³-hybridized carbons (Fsp3) is 0.571. The molecule has 1 rings (SSSR count). The van der Waals surface area contributed by atoms with Crippen molar-refractivity contribution in [1.82, 2.24) is 0 Å². The minimum Gasteiger partial charge on any atom is -0.497 e. The second-order valence-electron chi connectivity index (χ2n) is 4.40. The van der Waals surface area contributed by atoms with Crippen molar-refractivity contribution in [2.45, 2.75) is 25.0 Å². The van der Waals surface area contributed by atoms with Gasteiger partial charge in [0.25, 0.3) is 0 Å². The van der Waals surface area contributed by atoms with Gasteiger partial charge in [0.2, 0.25) is 0 Å². The maximum Gasteiger partial charge on any atom is 0.128 e. The summed E-state index contributed by atoms with van der Waals surface area (Å²) in [5.41, 5.74) is 6.66. The van der Waals surface area contributed by atoms with Gasteiger partial charge in [0.1, 0.15) is 11.5 Å². The van der Waals surface area contributed by atoms with Crippen molar-refractivity contribution in [3.05, 3.63) is 23.8 Å². The molecule has 0 spiro atoms. The third kappa shape index (κ3) is 4.70. The van der Waals surface area contributed by atoms with Crippen LogP contribution in [0.25, 0.3) is 0 Å². The molecule has 5 heteroatoms. The van der Waals surface area contributed by atoms with Crippen molar-refractivity contribution in [1.29, 1.82) is 0 Å². The molecular formula is C14H23NO4. The highest BCUT2D eigenvalue weighted by Crippen LogP contribution is 2.31. The predicted octanol–water partition coefficient (Wildman–Crippen LogP) is 1.49. The van der Waals surface area contributed by atoms with Gasteiger partial charge in [-0.3, -0.25) is 0 Å². The SMILES string of the molecule is COCCC(N)CC(O)c1ccc(OC)cc1OC. The van der Waals surface area contributed by atoms with Crippen LogP contribution in [0.1, 0.15) is 24.5 Å². The molecule has 0 aliphatic rings. The largest absolute Gasteiger partial charge is 0.497 e. The summed E-state index contributed by atoms with van der Waals surface area (Å²) >= 11 is 0. The summed E-state index contributed by atoms with van der Waals surface area (Å²) in [5, 5.41) is 10.2. The van der Waals surface area contributed by atoms with E-state index in [1.54, 1.807) is 39.5 Å². The summed E-state index contributed by atoms with van der Waals surface area (Å²) in [6.07, 6.45) is 0.519. The topological polar surface area (TPSA) is 73.9 Å². The molecule has 0 aliphatic carbocycles. The van der Waals surface area contributed by atoms with Crippen LogP contribution in [-0.2, 0) is 4.74 Å². The molecule has 0 saturated carbocycles.